The van der Waals surface area contributed by atoms with E-state index in [9.17, 15) is 9.18 Å². The molecule has 1 aliphatic rings. The van der Waals surface area contributed by atoms with Gasteiger partial charge in [-0.3, -0.25) is 4.79 Å². The summed E-state index contributed by atoms with van der Waals surface area (Å²) in [6.07, 6.45) is 1.77. The molecule has 1 aromatic rings. The summed E-state index contributed by atoms with van der Waals surface area (Å²) in [6, 6.07) is 3.77. The summed E-state index contributed by atoms with van der Waals surface area (Å²) in [7, 11) is 0. The molecule has 1 fully saturated rings. The number of ether oxygens (including phenoxy) is 1. The van der Waals surface area contributed by atoms with Gasteiger partial charge < -0.3 is 15.8 Å². The van der Waals surface area contributed by atoms with E-state index in [2.05, 4.69) is 5.32 Å². The monoisotopic (exact) mass is 252 g/mol. The largest absolute Gasteiger partial charge is 0.398 e. The van der Waals surface area contributed by atoms with Crippen molar-refractivity contribution in [2.24, 2.45) is 0 Å². The lowest BCUT2D eigenvalue weighted by atomic mass is 9.94. The van der Waals surface area contributed by atoms with Crippen LogP contribution >= 0.6 is 0 Å². The zero-order valence-corrected chi connectivity index (χ0v) is 10.3. The highest BCUT2D eigenvalue weighted by atomic mass is 19.1. The number of nitrogens with one attached hydrogen (secondary N) is 1. The zero-order chi connectivity index (χ0) is 13.2. The minimum atomic E-state index is -0.448. The van der Waals surface area contributed by atoms with Crippen molar-refractivity contribution in [1.82, 2.24) is 5.32 Å². The molecule has 1 saturated heterocycles. The molecule has 1 aromatic carbocycles. The fourth-order valence-electron chi connectivity index (χ4n) is 2.11. The Bertz CT molecular complexity index is 456. The summed E-state index contributed by atoms with van der Waals surface area (Å²) in [5.41, 5.74) is 5.70. The number of anilines is 1. The highest BCUT2D eigenvalue weighted by Gasteiger charge is 2.30. The van der Waals surface area contributed by atoms with Gasteiger partial charge in [0.1, 0.15) is 5.82 Å². The van der Waals surface area contributed by atoms with E-state index < -0.39 is 5.82 Å². The van der Waals surface area contributed by atoms with Gasteiger partial charge in [0.05, 0.1) is 17.7 Å². The number of carbonyl (C=O) groups is 1. The second-order valence-corrected chi connectivity index (χ2v) is 4.90. The number of halogens is 1. The van der Waals surface area contributed by atoms with E-state index in [1.54, 1.807) is 0 Å². The summed E-state index contributed by atoms with van der Waals surface area (Å²) in [4.78, 5) is 12.1. The SMILES string of the molecule is CC1(NC(=O)c2ccc(F)cc2N)CCCOC1. The standard InChI is InChI=1S/C13H17FN2O2/c1-13(5-2-6-18-8-13)16-12(17)10-4-3-9(14)7-11(10)15/h3-4,7H,2,5-6,8,15H2,1H3,(H,16,17). The molecule has 2 rings (SSSR count). The molecule has 1 unspecified atom stereocenters. The molecule has 98 valence electrons. The van der Waals surface area contributed by atoms with E-state index in [1.165, 1.54) is 12.1 Å². The van der Waals surface area contributed by atoms with Crippen LogP contribution < -0.4 is 11.1 Å². The maximum atomic E-state index is 12.9. The Hall–Kier alpha value is -1.62. The fraction of sp³-hybridized carbons (Fsp3) is 0.462. The Balaban J connectivity index is 2.11. The van der Waals surface area contributed by atoms with Crippen LogP contribution in [0.25, 0.3) is 0 Å². The van der Waals surface area contributed by atoms with Crippen molar-refractivity contribution in [3.8, 4) is 0 Å². The molecule has 0 aliphatic carbocycles. The first kappa shape index (κ1) is 12.8. The van der Waals surface area contributed by atoms with Crippen LogP contribution in [0.15, 0.2) is 18.2 Å². The lowest BCUT2D eigenvalue weighted by molar-refractivity contribution is 0.0273. The average molecular weight is 252 g/mol. The molecule has 1 heterocycles. The van der Waals surface area contributed by atoms with Gasteiger partial charge in [-0.25, -0.2) is 4.39 Å². The van der Waals surface area contributed by atoms with Crippen molar-refractivity contribution < 1.29 is 13.9 Å². The Kier molecular flexibility index (Phi) is 3.52. The molecule has 5 heteroatoms. The number of nitrogen functional groups attached to an aromatic ring is 1. The fourth-order valence-corrected chi connectivity index (χ4v) is 2.11. The molecule has 1 aliphatic heterocycles. The van der Waals surface area contributed by atoms with Crippen LogP contribution in [0.4, 0.5) is 10.1 Å². The topological polar surface area (TPSA) is 64.4 Å². The quantitative estimate of drug-likeness (QED) is 0.787. The highest BCUT2D eigenvalue weighted by Crippen LogP contribution is 2.20. The summed E-state index contributed by atoms with van der Waals surface area (Å²) < 4.78 is 18.3. The first-order chi connectivity index (χ1) is 8.50. The molecule has 18 heavy (non-hydrogen) atoms. The van der Waals surface area contributed by atoms with Gasteiger partial charge in [-0.1, -0.05) is 0 Å². The number of hydrogen-bond donors (Lipinski definition) is 2. The lowest BCUT2D eigenvalue weighted by Crippen LogP contribution is -2.51. The van der Waals surface area contributed by atoms with Gasteiger partial charge in [-0.15, -0.1) is 0 Å². The van der Waals surface area contributed by atoms with E-state index in [4.69, 9.17) is 10.5 Å². The van der Waals surface area contributed by atoms with Crippen molar-refractivity contribution in [3.63, 3.8) is 0 Å². The van der Waals surface area contributed by atoms with E-state index in [0.29, 0.717) is 12.2 Å². The van der Waals surface area contributed by atoms with E-state index in [1.807, 2.05) is 6.92 Å². The summed E-state index contributed by atoms with van der Waals surface area (Å²) in [5, 5.41) is 2.91. The number of amides is 1. The molecule has 1 atom stereocenters. The first-order valence-electron chi connectivity index (χ1n) is 5.95. The van der Waals surface area contributed by atoms with E-state index in [0.717, 1.165) is 25.5 Å². The van der Waals surface area contributed by atoms with Crippen molar-refractivity contribution in [1.29, 1.82) is 0 Å². The predicted octanol–water partition coefficient (Wildman–Crippen LogP) is 1.71. The van der Waals surface area contributed by atoms with E-state index >= 15 is 0 Å². The molecule has 4 nitrogen and oxygen atoms in total. The number of rotatable bonds is 2. The van der Waals surface area contributed by atoms with Gasteiger partial charge >= 0.3 is 0 Å². The van der Waals surface area contributed by atoms with Crippen LogP contribution in [0.1, 0.15) is 30.1 Å². The van der Waals surface area contributed by atoms with Gasteiger partial charge in [0.2, 0.25) is 0 Å². The summed E-state index contributed by atoms with van der Waals surface area (Å²) >= 11 is 0. The predicted molar refractivity (Wildman–Crippen MR) is 66.7 cm³/mol. The van der Waals surface area contributed by atoms with Crippen LogP contribution in [0.2, 0.25) is 0 Å². The Morgan fingerprint density at radius 1 is 1.56 bits per heavy atom. The Morgan fingerprint density at radius 3 is 2.94 bits per heavy atom. The number of nitrogens with two attached hydrogens (primary N) is 1. The zero-order valence-electron chi connectivity index (χ0n) is 10.3. The first-order valence-corrected chi connectivity index (χ1v) is 5.95. The molecule has 0 aromatic heterocycles. The number of benzene rings is 1. The maximum Gasteiger partial charge on any atom is 0.253 e. The molecular formula is C13H17FN2O2. The van der Waals surface area contributed by atoms with Crippen molar-refractivity contribution in [2.75, 3.05) is 18.9 Å². The lowest BCUT2D eigenvalue weighted by Gasteiger charge is -2.34. The minimum absolute atomic E-state index is 0.146. The summed E-state index contributed by atoms with van der Waals surface area (Å²) in [5.74, 6) is -0.739. The van der Waals surface area contributed by atoms with Gasteiger partial charge in [-0.05, 0) is 38.0 Å². The smallest absolute Gasteiger partial charge is 0.253 e. The third-order valence-corrected chi connectivity index (χ3v) is 3.11. The second-order valence-electron chi connectivity index (χ2n) is 4.90. The normalized spacial score (nSPS) is 23.7. The van der Waals surface area contributed by atoms with Crippen molar-refractivity contribution >= 4 is 11.6 Å². The number of carbonyl (C=O) groups excluding carboxylic acids is 1. The van der Waals surface area contributed by atoms with Crippen molar-refractivity contribution in [2.45, 2.75) is 25.3 Å². The molecule has 0 spiro atoms. The van der Waals surface area contributed by atoms with Crippen LogP contribution in [0.5, 0.6) is 0 Å². The molecule has 0 saturated carbocycles. The molecular weight excluding hydrogens is 235 g/mol. The Morgan fingerprint density at radius 2 is 2.33 bits per heavy atom. The number of hydrogen-bond acceptors (Lipinski definition) is 3. The molecule has 1 amide bonds. The molecule has 3 N–H and O–H groups in total. The van der Waals surface area contributed by atoms with Crippen LogP contribution in [0, 0.1) is 5.82 Å². The van der Waals surface area contributed by atoms with Crippen LogP contribution in [0.3, 0.4) is 0 Å². The van der Waals surface area contributed by atoms with Gasteiger partial charge in [0.25, 0.3) is 5.91 Å². The highest BCUT2D eigenvalue weighted by molar-refractivity contribution is 5.99. The minimum Gasteiger partial charge on any atom is -0.398 e. The van der Waals surface area contributed by atoms with Crippen LogP contribution in [-0.4, -0.2) is 24.7 Å². The molecule has 0 radical (unpaired) electrons. The third kappa shape index (κ3) is 2.79. The molecule has 0 bridgehead atoms. The van der Waals surface area contributed by atoms with Crippen molar-refractivity contribution in [3.05, 3.63) is 29.6 Å². The summed E-state index contributed by atoms with van der Waals surface area (Å²) in [6.45, 7) is 3.15. The average Bonchev–Trinajstić information content (AvgIpc) is 2.28. The van der Waals surface area contributed by atoms with E-state index in [-0.39, 0.29) is 17.1 Å². The Labute approximate surface area is 105 Å². The van der Waals surface area contributed by atoms with Gasteiger partial charge in [-0.2, -0.15) is 0 Å². The maximum absolute atomic E-state index is 12.9. The third-order valence-electron chi connectivity index (χ3n) is 3.11. The van der Waals surface area contributed by atoms with Crippen LogP contribution in [-0.2, 0) is 4.74 Å². The van der Waals surface area contributed by atoms with Gasteiger partial charge in [0.15, 0.2) is 0 Å². The van der Waals surface area contributed by atoms with Gasteiger partial charge in [0, 0.05) is 12.3 Å². The second kappa shape index (κ2) is 4.94.